The van der Waals surface area contributed by atoms with Crippen molar-refractivity contribution in [1.29, 1.82) is 0 Å². The molecule has 1 atom stereocenters. The zero-order valence-corrected chi connectivity index (χ0v) is 11.8. The van der Waals surface area contributed by atoms with Gasteiger partial charge in [-0.1, -0.05) is 32.9 Å². The van der Waals surface area contributed by atoms with E-state index >= 15 is 0 Å². The lowest BCUT2D eigenvalue weighted by Gasteiger charge is -2.34. The van der Waals surface area contributed by atoms with Gasteiger partial charge in [0.15, 0.2) is 5.78 Å². The van der Waals surface area contributed by atoms with E-state index in [0.717, 1.165) is 0 Å². The Bertz CT molecular complexity index is 423. The number of carbonyl (C=O) groups excluding carboxylic acids is 1. The van der Waals surface area contributed by atoms with E-state index in [2.05, 4.69) is 27.7 Å². The smallest absolute Gasteiger partial charge is 0.176 e. The van der Waals surface area contributed by atoms with Gasteiger partial charge in [0.2, 0.25) is 0 Å². The molecule has 0 amide bonds. The molecule has 0 radical (unpaired) electrons. The van der Waals surface area contributed by atoms with E-state index in [9.17, 15) is 9.18 Å². The van der Waals surface area contributed by atoms with Crippen LogP contribution in [0, 0.1) is 11.2 Å². The average Bonchev–Trinajstić information content (AvgIpc) is 2.26. The molecule has 0 N–H and O–H groups in total. The molecule has 18 heavy (non-hydrogen) atoms. The third kappa shape index (κ3) is 3.91. The zero-order valence-electron chi connectivity index (χ0n) is 11.8. The first kappa shape index (κ1) is 14.8. The molecule has 0 saturated carbocycles. The summed E-state index contributed by atoms with van der Waals surface area (Å²) in [5, 5.41) is 0. The topological polar surface area (TPSA) is 20.3 Å². The molecule has 1 rings (SSSR count). The minimum absolute atomic E-state index is 0.0481. The first-order valence-corrected chi connectivity index (χ1v) is 6.21. The molecule has 0 aromatic heterocycles. The summed E-state index contributed by atoms with van der Waals surface area (Å²) in [6.45, 7) is 8.82. The highest BCUT2D eigenvalue weighted by molar-refractivity contribution is 5.97. The van der Waals surface area contributed by atoms with Gasteiger partial charge in [0.05, 0.1) is 6.54 Å². The highest BCUT2D eigenvalue weighted by Gasteiger charge is 2.25. The molecule has 0 aliphatic rings. The fourth-order valence-electron chi connectivity index (χ4n) is 1.78. The Kier molecular flexibility index (Phi) is 4.63. The van der Waals surface area contributed by atoms with Crippen LogP contribution in [-0.2, 0) is 0 Å². The first-order valence-electron chi connectivity index (χ1n) is 6.21. The molecule has 0 aliphatic heterocycles. The van der Waals surface area contributed by atoms with Crippen LogP contribution in [0.4, 0.5) is 4.39 Å². The monoisotopic (exact) mass is 251 g/mol. The minimum atomic E-state index is -0.368. The number of benzene rings is 1. The van der Waals surface area contributed by atoms with Crippen molar-refractivity contribution in [3.8, 4) is 0 Å². The van der Waals surface area contributed by atoms with Gasteiger partial charge >= 0.3 is 0 Å². The molecule has 2 nitrogen and oxygen atoms in total. The first-order chi connectivity index (χ1) is 8.21. The SMILES string of the molecule is CC(N(C)CC(=O)c1cccc(F)c1)C(C)(C)C. The van der Waals surface area contributed by atoms with Gasteiger partial charge in [-0.3, -0.25) is 9.69 Å². The van der Waals surface area contributed by atoms with E-state index in [0.29, 0.717) is 12.1 Å². The van der Waals surface area contributed by atoms with Gasteiger partial charge < -0.3 is 0 Å². The highest BCUT2D eigenvalue weighted by atomic mass is 19.1. The summed E-state index contributed by atoms with van der Waals surface area (Å²) in [5.41, 5.74) is 0.541. The second kappa shape index (κ2) is 5.61. The van der Waals surface area contributed by atoms with Gasteiger partial charge in [-0.15, -0.1) is 0 Å². The number of rotatable bonds is 4. The van der Waals surface area contributed by atoms with E-state index in [1.54, 1.807) is 12.1 Å². The molecule has 100 valence electrons. The van der Waals surface area contributed by atoms with Crippen molar-refractivity contribution >= 4 is 5.78 Å². The Labute approximate surface area is 109 Å². The minimum Gasteiger partial charge on any atom is -0.296 e. The van der Waals surface area contributed by atoms with E-state index < -0.39 is 0 Å². The predicted molar refractivity (Wildman–Crippen MR) is 72.3 cm³/mol. The number of hydrogen-bond donors (Lipinski definition) is 0. The number of nitrogens with zero attached hydrogens (tertiary/aromatic N) is 1. The summed E-state index contributed by atoms with van der Waals surface area (Å²) >= 11 is 0. The molecular formula is C15H22FNO. The third-order valence-electron chi connectivity index (χ3n) is 3.45. The number of ketones is 1. The lowest BCUT2D eigenvalue weighted by molar-refractivity contribution is 0.0853. The summed E-state index contributed by atoms with van der Waals surface area (Å²) in [7, 11) is 1.92. The molecule has 0 bridgehead atoms. The summed E-state index contributed by atoms with van der Waals surface area (Å²) < 4.78 is 13.0. The molecule has 1 aromatic rings. The highest BCUT2D eigenvalue weighted by Crippen LogP contribution is 2.23. The van der Waals surface area contributed by atoms with Crippen molar-refractivity contribution in [3.63, 3.8) is 0 Å². The van der Waals surface area contributed by atoms with Crippen LogP contribution in [0.1, 0.15) is 38.1 Å². The number of hydrogen-bond acceptors (Lipinski definition) is 2. The van der Waals surface area contributed by atoms with E-state index in [4.69, 9.17) is 0 Å². The Balaban J connectivity index is 2.71. The fraction of sp³-hybridized carbons (Fsp3) is 0.533. The molecular weight excluding hydrogens is 229 g/mol. The van der Waals surface area contributed by atoms with Crippen molar-refractivity contribution in [2.75, 3.05) is 13.6 Å². The molecule has 0 spiro atoms. The standard InChI is InChI=1S/C15H22FNO/c1-11(15(2,3)4)17(5)10-14(18)12-7-6-8-13(16)9-12/h6-9,11H,10H2,1-5H3. The Morgan fingerprint density at radius 2 is 2.00 bits per heavy atom. The van der Waals surface area contributed by atoms with Gasteiger partial charge in [-0.05, 0) is 31.5 Å². The summed E-state index contributed by atoms with van der Waals surface area (Å²) in [5.74, 6) is -0.416. The van der Waals surface area contributed by atoms with Crippen molar-refractivity contribution in [1.82, 2.24) is 4.90 Å². The van der Waals surface area contributed by atoms with Crippen molar-refractivity contribution in [2.24, 2.45) is 5.41 Å². The zero-order chi connectivity index (χ0) is 13.9. The number of carbonyl (C=O) groups is 1. The molecule has 1 aromatic carbocycles. The summed E-state index contributed by atoms with van der Waals surface area (Å²) in [6.07, 6.45) is 0. The van der Waals surface area contributed by atoms with Crippen LogP contribution in [0.3, 0.4) is 0 Å². The number of likely N-dealkylation sites (N-methyl/N-ethyl adjacent to an activating group) is 1. The van der Waals surface area contributed by atoms with Crippen LogP contribution in [0.2, 0.25) is 0 Å². The molecule has 0 aliphatic carbocycles. The molecule has 1 unspecified atom stereocenters. The lowest BCUT2D eigenvalue weighted by Crippen LogP contribution is -2.41. The van der Waals surface area contributed by atoms with Gasteiger partial charge in [-0.25, -0.2) is 4.39 Å². The number of halogens is 1. The summed E-state index contributed by atoms with van der Waals surface area (Å²) in [4.78, 5) is 14.0. The van der Waals surface area contributed by atoms with Crippen LogP contribution in [-0.4, -0.2) is 30.3 Å². The molecule has 0 heterocycles. The quantitative estimate of drug-likeness (QED) is 0.765. The van der Waals surface area contributed by atoms with Crippen molar-refractivity contribution in [2.45, 2.75) is 33.7 Å². The van der Waals surface area contributed by atoms with Crippen LogP contribution >= 0.6 is 0 Å². The summed E-state index contributed by atoms with van der Waals surface area (Å²) in [6, 6.07) is 6.13. The maximum atomic E-state index is 13.0. The Morgan fingerprint density at radius 3 is 2.50 bits per heavy atom. The van der Waals surface area contributed by atoms with Gasteiger partial charge in [0.25, 0.3) is 0 Å². The lowest BCUT2D eigenvalue weighted by atomic mass is 9.87. The van der Waals surface area contributed by atoms with E-state index in [-0.39, 0.29) is 23.1 Å². The van der Waals surface area contributed by atoms with Gasteiger partial charge in [0, 0.05) is 11.6 Å². The largest absolute Gasteiger partial charge is 0.296 e. The molecule has 0 fully saturated rings. The average molecular weight is 251 g/mol. The maximum absolute atomic E-state index is 13.0. The van der Waals surface area contributed by atoms with Crippen molar-refractivity contribution in [3.05, 3.63) is 35.6 Å². The van der Waals surface area contributed by atoms with Crippen molar-refractivity contribution < 1.29 is 9.18 Å². The molecule has 3 heteroatoms. The second-order valence-electron chi connectivity index (χ2n) is 5.89. The van der Waals surface area contributed by atoms with Crippen LogP contribution in [0.25, 0.3) is 0 Å². The van der Waals surface area contributed by atoms with Crippen LogP contribution in [0.5, 0.6) is 0 Å². The fourth-order valence-corrected chi connectivity index (χ4v) is 1.78. The Hall–Kier alpha value is -1.22. The maximum Gasteiger partial charge on any atom is 0.176 e. The third-order valence-corrected chi connectivity index (χ3v) is 3.45. The van der Waals surface area contributed by atoms with Crippen LogP contribution in [0.15, 0.2) is 24.3 Å². The van der Waals surface area contributed by atoms with Gasteiger partial charge in [-0.2, -0.15) is 0 Å². The predicted octanol–water partition coefficient (Wildman–Crippen LogP) is 3.37. The molecule has 0 saturated heterocycles. The Morgan fingerprint density at radius 1 is 1.39 bits per heavy atom. The number of Topliss-reactive ketones (excluding diaryl/α,β-unsaturated/α-hetero) is 1. The normalized spacial score (nSPS) is 13.7. The van der Waals surface area contributed by atoms with Crippen LogP contribution < -0.4 is 0 Å². The van der Waals surface area contributed by atoms with E-state index in [1.165, 1.54) is 12.1 Å². The second-order valence-corrected chi connectivity index (χ2v) is 5.89. The van der Waals surface area contributed by atoms with Gasteiger partial charge in [0.1, 0.15) is 5.82 Å². The van der Waals surface area contributed by atoms with E-state index in [1.807, 2.05) is 11.9 Å².